The second-order valence-electron chi connectivity index (χ2n) is 7.69. The third-order valence-electron chi connectivity index (χ3n) is 5.28. The van der Waals surface area contributed by atoms with Crippen molar-refractivity contribution < 1.29 is 9.18 Å². The molecule has 0 aliphatic carbocycles. The molecule has 11 heteroatoms. The summed E-state index contributed by atoms with van der Waals surface area (Å²) in [6, 6.07) is 4.42. The molecule has 1 aliphatic rings. The average molecular weight is 435 g/mol. The van der Waals surface area contributed by atoms with Crippen molar-refractivity contribution in [2.75, 3.05) is 31.5 Å². The van der Waals surface area contributed by atoms with Gasteiger partial charge in [-0.3, -0.25) is 9.48 Å². The molecule has 0 bridgehead atoms. The van der Waals surface area contributed by atoms with Crippen molar-refractivity contribution in [3.8, 4) is 0 Å². The van der Waals surface area contributed by atoms with E-state index in [1.807, 2.05) is 13.2 Å². The number of aryl methyl sites for hydroxylation is 1. The average Bonchev–Trinajstić information content (AvgIpc) is 3.39. The lowest BCUT2D eigenvalue weighted by molar-refractivity contribution is 0.0735. The predicted molar refractivity (Wildman–Crippen MR) is 116 cm³/mol. The van der Waals surface area contributed by atoms with Gasteiger partial charge in [0.2, 0.25) is 5.95 Å². The number of benzene rings is 1. The Morgan fingerprint density at radius 2 is 2.00 bits per heavy atom. The SMILES string of the molecule is Cn1cc(Nc2ncc3cnn(Cc4cc(F)cc(C(=O)N5CCNCC5)c4)c3n2)cn1. The van der Waals surface area contributed by atoms with Gasteiger partial charge in [0.05, 0.1) is 30.0 Å². The van der Waals surface area contributed by atoms with Gasteiger partial charge in [-0.05, 0) is 23.8 Å². The monoisotopic (exact) mass is 435 g/mol. The Hall–Kier alpha value is -3.86. The van der Waals surface area contributed by atoms with E-state index in [0.717, 1.165) is 24.2 Å². The lowest BCUT2D eigenvalue weighted by atomic mass is 10.1. The summed E-state index contributed by atoms with van der Waals surface area (Å²) >= 11 is 0. The number of amides is 1. The molecule has 3 aromatic heterocycles. The molecule has 10 nitrogen and oxygen atoms in total. The van der Waals surface area contributed by atoms with Crippen LogP contribution in [0.2, 0.25) is 0 Å². The quantitative estimate of drug-likeness (QED) is 0.490. The summed E-state index contributed by atoms with van der Waals surface area (Å²) in [4.78, 5) is 23.4. The van der Waals surface area contributed by atoms with Gasteiger partial charge < -0.3 is 15.5 Å². The zero-order valence-corrected chi connectivity index (χ0v) is 17.5. The lowest BCUT2D eigenvalue weighted by Gasteiger charge is -2.27. The molecule has 164 valence electrons. The van der Waals surface area contributed by atoms with Crippen LogP contribution < -0.4 is 10.6 Å². The number of fused-ring (bicyclic) bond motifs is 1. The van der Waals surface area contributed by atoms with Crippen molar-refractivity contribution >= 4 is 28.6 Å². The van der Waals surface area contributed by atoms with Crippen LogP contribution in [0.3, 0.4) is 0 Å². The van der Waals surface area contributed by atoms with Crippen molar-refractivity contribution in [1.82, 2.24) is 39.7 Å². The zero-order chi connectivity index (χ0) is 22.1. The molecule has 1 amide bonds. The molecule has 1 aromatic carbocycles. The van der Waals surface area contributed by atoms with Crippen LogP contribution in [0.5, 0.6) is 0 Å². The molecule has 4 heterocycles. The Balaban J connectivity index is 1.40. The minimum atomic E-state index is -0.453. The Kier molecular flexibility index (Phi) is 5.23. The molecule has 0 atom stereocenters. The van der Waals surface area contributed by atoms with Crippen LogP contribution in [-0.4, -0.2) is 66.5 Å². The third kappa shape index (κ3) is 4.14. The van der Waals surface area contributed by atoms with Crippen LogP contribution in [0.25, 0.3) is 11.0 Å². The number of carbonyl (C=O) groups is 1. The van der Waals surface area contributed by atoms with Crippen molar-refractivity contribution in [2.45, 2.75) is 6.54 Å². The fraction of sp³-hybridized carbons (Fsp3) is 0.286. The summed E-state index contributed by atoms with van der Waals surface area (Å²) in [7, 11) is 1.82. The number of nitrogens with one attached hydrogen (secondary N) is 2. The molecular formula is C21H22FN9O. The van der Waals surface area contributed by atoms with Crippen LogP contribution in [-0.2, 0) is 13.6 Å². The number of nitrogens with zero attached hydrogens (tertiary/aromatic N) is 7. The molecule has 5 rings (SSSR count). The van der Waals surface area contributed by atoms with E-state index in [4.69, 9.17) is 0 Å². The summed E-state index contributed by atoms with van der Waals surface area (Å²) in [5, 5.41) is 15.6. The summed E-state index contributed by atoms with van der Waals surface area (Å²) in [6.07, 6.45) is 6.83. The number of carbonyl (C=O) groups excluding carboxylic acids is 1. The first kappa shape index (κ1) is 20.1. The molecule has 0 saturated carbocycles. The summed E-state index contributed by atoms with van der Waals surface area (Å²) in [5.41, 5.74) is 2.34. The van der Waals surface area contributed by atoms with Crippen molar-refractivity contribution in [2.24, 2.45) is 7.05 Å². The van der Waals surface area contributed by atoms with E-state index in [0.29, 0.717) is 35.8 Å². The Bertz CT molecular complexity index is 1280. The fourth-order valence-corrected chi connectivity index (χ4v) is 3.75. The number of rotatable bonds is 5. The normalized spacial score (nSPS) is 14.1. The molecular weight excluding hydrogens is 413 g/mol. The van der Waals surface area contributed by atoms with Gasteiger partial charge in [0.25, 0.3) is 5.91 Å². The Morgan fingerprint density at radius 3 is 2.78 bits per heavy atom. The van der Waals surface area contributed by atoms with Gasteiger partial charge in [-0.15, -0.1) is 0 Å². The van der Waals surface area contributed by atoms with Gasteiger partial charge in [0, 0.05) is 51.2 Å². The largest absolute Gasteiger partial charge is 0.336 e. The predicted octanol–water partition coefficient (Wildman–Crippen LogP) is 1.54. The highest BCUT2D eigenvalue weighted by Gasteiger charge is 2.19. The first-order chi connectivity index (χ1) is 15.5. The number of aromatic nitrogens is 6. The van der Waals surface area contributed by atoms with Crippen molar-refractivity contribution in [3.05, 3.63) is 59.9 Å². The lowest BCUT2D eigenvalue weighted by Crippen LogP contribution is -2.46. The molecule has 32 heavy (non-hydrogen) atoms. The molecule has 1 fully saturated rings. The first-order valence-electron chi connectivity index (χ1n) is 10.3. The maximum Gasteiger partial charge on any atom is 0.254 e. The molecule has 1 saturated heterocycles. The van der Waals surface area contributed by atoms with E-state index in [2.05, 4.69) is 30.8 Å². The van der Waals surface area contributed by atoms with Gasteiger partial charge in [-0.25, -0.2) is 14.1 Å². The Labute approximate surface area is 183 Å². The Morgan fingerprint density at radius 1 is 1.16 bits per heavy atom. The van der Waals surface area contributed by atoms with Crippen LogP contribution >= 0.6 is 0 Å². The molecule has 1 aliphatic heterocycles. The minimum absolute atomic E-state index is 0.164. The highest BCUT2D eigenvalue weighted by atomic mass is 19.1. The summed E-state index contributed by atoms with van der Waals surface area (Å²) in [6.45, 7) is 2.97. The summed E-state index contributed by atoms with van der Waals surface area (Å²) < 4.78 is 17.7. The van der Waals surface area contributed by atoms with Crippen LogP contribution in [0.1, 0.15) is 15.9 Å². The van der Waals surface area contributed by atoms with E-state index < -0.39 is 5.82 Å². The van der Waals surface area contributed by atoms with E-state index in [9.17, 15) is 9.18 Å². The number of halogens is 1. The van der Waals surface area contributed by atoms with Gasteiger partial charge >= 0.3 is 0 Å². The maximum atomic E-state index is 14.3. The zero-order valence-electron chi connectivity index (χ0n) is 17.5. The highest BCUT2D eigenvalue weighted by molar-refractivity contribution is 5.94. The number of anilines is 2. The maximum absolute atomic E-state index is 14.3. The van der Waals surface area contributed by atoms with Crippen molar-refractivity contribution in [1.29, 1.82) is 0 Å². The molecule has 0 unspecified atom stereocenters. The standard InChI is InChI=1S/C21H22FN9O/c1-29-13-18(11-25-29)27-21-24-9-16-10-26-31(19(16)28-21)12-14-6-15(8-17(22)7-14)20(32)30-4-2-23-3-5-30/h6-11,13,23H,2-5,12H2,1H3,(H,24,27,28). The number of hydrogen-bond acceptors (Lipinski definition) is 7. The van der Waals surface area contributed by atoms with Crippen LogP contribution in [0, 0.1) is 5.82 Å². The summed E-state index contributed by atoms with van der Waals surface area (Å²) in [5.74, 6) is -0.213. The highest BCUT2D eigenvalue weighted by Crippen LogP contribution is 2.18. The van der Waals surface area contributed by atoms with Crippen LogP contribution in [0.15, 0.2) is 43.0 Å². The smallest absolute Gasteiger partial charge is 0.254 e. The van der Waals surface area contributed by atoms with E-state index in [-0.39, 0.29) is 12.5 Å². The van der Waals surface area contributed by atoms with E-state index in [1.165, 1.54) is 12.1 Å². The fourth-order valence-electron chi connectivity index (χ4n) is 3.75. The van der Waals surface area contributed by atoms with Crippen molar-refractivity contribution in [3.63, 3.8) is 0 Å². The molecule has 0 spiro atoms. The van der Waals surface area contributed by atoms with E-state index >= 15 is 0 Å². The first-order valence-corrected chi connectivity index (χ1v) is 10.3. The molecule has 4 aromatic rings. The minimum Gasteiger partial charge on any atom is -0.336 e. The number of piperazine rings is 1. The topological polar surface area (TPSA) is 106 Å². The van der Waals surface area contributed by atoms with Gasteiger partial charge in [-0.1, -0.05) is 0 Å². The van der Waals surface area contributed by atoms with Gasteiger partial charge in [0.1, 0.15) is 5.82 Å². The second-order valence-corrected chi connectivity index (χ2v) is 7.69. The number of hydrogen-bond donors (Lipinski definition) is 2. The van der Waals surface area contributed by atoms with E-state index in [1.54, 1.807) is 38.9 Å². The van der Waals surface area contributed by atoms with Crippen LogP contribution in [0.4, 0.5) is 16.0 Å². The van der Waals surface area contributed by atoms with Gasteiger partial charge in [0.15, 0.2) is 5.65 Å². The van der Waals surface area contributed by atoms with Gasteiger partial charge in [-0.2, -0.15) is 15.2 Å². The molecule has 0 radical (unpaired) electrons. The second kappa shape index (κ2) is 8.35. The molecule has 2 N–H and O–H groups in total. The third-order valence-corrected chi connectivity index (χ3v) is 5.28.